The molecule has 0 saturated carbocycles. The minimum atomic E-state index is -0.263. The Kier molecular flexibility index (Phi) is 5.13. The molecule has 0 unspecified atom stereocenters. The first kappa shape index (κ1) is 16.8. The monoisotopic (exact) mass is 341 g/mol. The summed E-state index contributed by atoms with van der Waals surface area (Å²) in [6.07, 6.45) is 3.57. The van der Waals surface area contributed by atoms with E-state index in [4.69, 9.17) is 4.42 Å². The molecule has 0 aliphatic rings. The van der Waals surface area contributed by atoms with Gasteiger partial charge in [0, 0.05) is 25.4 Å². The van der Waals surface area contributed by atoms with Crippen LogP contribution in [-0.4, -0.2) is 22.8 Å². The summed E-state index contributed by atoms with van der Waals surface area (Å²) in [6.45, 7) is 3.07. The second-order valence-electron chi connectivity index (χ2n) is 5.52. The number of halogens is 1. The molecule has 0 amide bonds. The maximum Gasteiger partial charge on any atom is 0.191 e. The van der Waals surface area contributed by atoms with Crippen LogP contribution in [0.1, 0.15) is 17.0 Å². The minimum absolute atomic E-state index is 0.263. The molecule has 2 N–H and O–H groups in total. The minimum Gasteiger partial charge on any atom is -0.467 e. The molecule has 0 saturated heterocycles. The average molecular weight is 341 g/mol. The lowest BCUT2D eigenvalue weighted by Crippen LogP contribution is -2.36. The standard InChI is InChI=1S/C18H20FN5O/c1-13-14(12-24(23-13)16-7-5-15(19)6-8-16)10-21-18(20-2)22-11-17-4-3-9-25-17/h3-9,12H,10-11H2,1-2H3,(H2,20,21,22). The van der Waals surface area contributed by atoms with Crippen LogP contribution >= 0.6 is 0 Å². The maximum atomic E-state index is 13.0. The normalized spacial score (nSPS) is 11.6. The lowest BCUT2D eigenvalue weighted by atomic mass is 10.2. The van der Waals surface area contributed by atoms with E-state index in [1.807, 2.05) is 25.3 Å². The van der Waals surface area contributed by atoms with Crippen molar-refractivity contribution in [2.75, 3.05) is 7.05 Å². The molecule has 3 aromatic rings. The Hall–Kier alpha value is -3.09. The summed E-state index contributed by atoms with van der Waals surface area (Å²) >= 11 is 0. The second kappa shape index (κ2) is 7.65. The van der Waals surface area contributed by atoms with Gasteiger partial charge in [-0.05, 0) is 43.3 Å². The molecule has 2 heterocycles. The largest absolute Gasteiger partial charge is 0.467 e. The summed E-state index contributed by atoms with van der Waals surface area (Å²) in [6, 6.07) is 9.98. The van der Waals surface area contributed by atoms with Gasteiger partial charge < -0.3 is 15.1 Å². The number of guanidine groups is 1. The van der Waals surface area contributed by atoms with Gasteiger partial charge in [0.2, 0.25) is 0 Å². The van der Waals surface area contributed by atoms with Gasteiger partial charge in [0.25, 0.3) is 0 Å². The van der Waals surface area contributed by atoms with E-state index in [1.165, 1.54) is 12.1 Å². The van der Waals surface area contributed by atoms with Gasteiger partial charge in [-0.15, -0.1) is 0 Å². The Labute approximate surface area is 145 Å². The Balaban J connectivity index is 1.61. The molecule has 2 aromatic heterocycles. The molecule has 130 valence electrons. The summed E-state index contributed by atoms with van der Waals surface area (Å²) in [4.78, 5) is 4.19. The van der Waals surface area contributed by atoms with Crippen molar-refractivity contribution in [1.29, 1.82) is 0 Å². The second-order valence-corrected chi connectivity index (χ2v) is 5.52. The Morgan fingerprint density at radius 2 is 1.96 bits per heavy atom. The third-order valence-corrected chi connectivity index (χ3v) is 3.77. The molecule has 6 nitrogen and oxygen atoms in total. The fraction of sp³-hybridized carbons (Fsp3) is 0.222. The van der Waals surface area contributed by atoms with Crippen LogP contribution in [0.2, 0.25) is 0 Å². The van der Waals surface area contributed by atoms with Crippen molar-refractivity contribution in [2.24, 2.45) is 4.99 Å². The number of furan rings is 1. The van der Waals surface area contributed by atoms with Gasteiger partial charge in [-0.25, -0.2) is 9.07 Å². The van der Waals surface area contributed by atoms with E-state index in [1.54, 1.807) is 30.1 Å². The Bertz CT molecular complexity index is 837. The van der Waals surface area contributed by atoms with Crippen LogP contribution in [0.5, 0.6) is 0 Å². The van der Waals surface area contributed by atoms with Crippen molar-refractivity contribution in [3.8, 4) is 5.69 Å². The molecular weight excluding hydrogens is 321 g/mol. The summed E-state index contributed by atoms with van der Waals surface area (Å²) in [5.74, 6) is 1.24. The molecule has 0 radical (unpaired) electrons. The van der Waals surface area contributed by atoms with Crippen molar-refractivity contribution in [3.63, 3.8) is 0 Å². The van der Waals surface area contributed by atoms with Crippen LogP contribution in [0.15, 0.2) is 58.3 Å². The number of aryl methyl sites for hydroxylation is 1. The third-order valence-electron chi connectivity index (χ3n) is 3.77. The summed E-state index contributed by atoms with van der Waals surface area (Å²) in [7, 11) is 1.71. The number of hydrogen-bond acceptors (Lipinski definition) is 3. The molecule has 0 aliphatic carbocycles. The Morgan fingerprint density at radius 1 is 1.20 bits per heavy atom. The highest BCUT2D eigenvalue weighted by Crippen LogP contribution is 2.12. The number of aliphatic imine (C=N–C) groups is 1. The van der Waals surface area contributed by atoms with Crippen LogP contribution in [0.3, 0.4) is 0 Å². The SMILES string of the molecule is CN=C(NCc1ccco1)NCc1cn(-c2ccc(F)cc2)nc1C. The van der Waals surface area contributed by atoms with Gasteiger partial charge >= 0.3 is 0 Å². The number of nitrogens with zero attached hydrogens (tertiary/aromatic N) is 3. The van der Waals surface area contributed by atoms with Crippen molar-refractivity contribution in [1.82, 2.24) is 20.4 Å². The number of aromatic nitrogens is 2. The zero-order valence-electron chi connectivity index (χ0n) is 14.2. The first-order valence-corrected chi connectivity index (χ1v) is 7.93. The van der Waals surface area contributed by atoms with Crippen LogP contribution in [0, 0.1) is 12.7 Å². The van der Waals surface area contributed by atoms with Crippen molar-refractivity contribution in [3.05, 3.63) is 71.7 Å². The van der Waals surface area contributed by atoms with Crippen molar-refractivity contribution < 1.29 is 8.81 Å². The number of rotatable bonds is 5. The van der Waals surface area contributed by atoms with Gasteiger partial charge in [0.1, 0.15) is 11.6 Å². The molecule has 25 heavy (non-hydrogen) atoms. The van der Waals surface area contributed by atoms with E-state index in [2.05, 4.69) is 20.7 Å². The first-order valence-electron chi connectivity index (χ1n) is 7.93. The van der Waals surface area contributed by atoms with Crippen LogP contribution in [0.25, 0.3) is 5.69 Å². The number of hydrogen-bond donors (Lipinski definition) is 2. The molecule has 7 heteroatoms. The van der Waals surface area contributed by atoms with Gasteiger partial charge in [-0.1, -0.05) is 0 Å². The van der Waals surface area contributed by atoms with E-state index < -0.39 is 0 Å². The van der Waals surface area contributed by atoms with Crippen LogP contribution in [-0.2, 0) is 13.1 Å². The summed E-state index contributed by atoms with van der Waals surface area (Å²) < 4.78 is 20.1. The molecule has 3 rings (SSSR count). The zero-order valence-corrected chi connectivity index (χ0v) is 14.2. The van der Waals surface area contributed by atoms with Gasteiger partial charge in [-0.3, -0.25) is 4.99 Å². The predicted octanol–water partition coefficient (Wildman–Crippen LogP) is 2.78. The lowest BCUT2D eigenvalue weighted by Gasteiger charge is -2.10. The highest BCUT2D eigenvalue weighted by Gasteiger charge is 2.08. The third kappa shape index (κ3) is 4.26. The van der Waals surface area contributed by atoms with Crippen molar-refractivity contribution >= 4 is 5.96 Å². The highest BCUT2D eigenvalue weighted by molar-refractivity contribution is 5.79. The lowest BCUT2D eigenvalue weighted by molar-refractivity contribution is 0.501. The smallest absolute Gasteiger partial charge is 0.191 e. The van der Waals surface area contributed by atoms with E-state index >= 15 is 0 Å². The van der Waals surface area contributed by atoms with E-state index in [0.29, 0.717) is 19.0 Å². The van der Waals surface area contributed by atoms with E-state index in [9.17, 15) is 4.39 Å². The fourth-order valence-corrected chi connectivity index (χ4v) is 2.38. The quantitative estimate of drug-likeness (QED) is 0.553. The molecule has 0 spiro atoms. The summed E-state index contributed by atoms with van der Waals surface area (Å²) in [5.41, 5.74) is 2.75. The fourth-order valence-electron chi connectivity index (χ4n) is 2.38. The van der Waals surface area contributed by atoms with E-state index in [-0.39, 0.29) is 5.82 Å². The van der Waals surface area contributed by atoms with Gasteiger partial charge in [-0.2, -0.15) is 5.10 Å². The zero-order chi connectivity index (χ0) is 17.6. The molecular formula is C18H20FN5O. The summed E-state index contributed by atoms with van der Waals surface area (Å²) in [5, 5.41) is 10.9. The predicted molar refractivity (Wildman–Crippen MR) is 94.0 cm³/mol. The molecule has 1 aromatic carbocycles. The van der Waals surface area contributed by atoms with Crippen LogP contribution in [0.4, 0.5) is 4.39 Å². The molecule has 0 bridgehead atoms. The number of nitrogens with one attached hydrogen (secondary N) is 2. The topological polar surface area (TPSA) is 67.4 Å². The first-order chi connectivity index (χ1) is 12.2. The van der Waals surface area contributed by atoms with Crippen LogP contribution < -0.4 is 10.6 Å². The van der Waals surface area contributed by atoms with Gasteiger partial charge in [0.15, 0.2) is 5.96 Å². The molecule has 0 fully saturated rings. The molecule has 0 atom stereocenters. The Morgan fingerprint density at radius 3 is 2.64 bits per heavy atom. The maximum absolute atomic E-state index is 13.0. The van der Waals surface area contributed by atoms with Gasteiger partial charge in [0.05, 0.1) is 24.2 Å². The number of benzene rings is 1. The molecule has 0 aliphatic heterocycles. The van der Waals surface area contributed by atoms with Crippen molar-refractivity contribution in [2.45, 2.75) is 20.0 Å². The van der Waals surface area contributed by atoms with E-state index in [0.717, 1.165) is 22.7 Å². The average Bonchev–Trinajstić information content (AvgIpc) is 3.26. The highest BCUT2D eigenvalue weighted by atomic mass is 19.1.